The largest absolute Gasteiger partial charge is 0.497 e. The number of nitriles is 1. The minimum absolute atomic E-state index is 0.456. The molecule has 0 aliphatic heterocycles. The third-order valence-corrected chi connectivity index (χ3v) is 6.51. The smallest absolute Gasteiger partial charge is 0.209 e. The molecule has 0 unspecified atom stereocenters. The Morgan fingerprint density at radius 2 is 1.71 bits per heavy atom. The van der Waals surface area contributed by atoms with Gasteiger partial charge >= 0.3 is 0 Å². The first kappa shape index (κ1) is 22.4. The van der Waals surface area contributed by atoms with Gasteiger partial charge in [-0.25, -0.2) is 4.68 Å². The van der Waals surface area contributed by atoms with Crippen molar-refractivity contribution in [3.8, 4) is 28.9 Å². The number of thioether (sulfide) groups is 1. The molecule has 0 amide bonds. The second-order valence-corrected chi connectivity index (χ2v) is 8.66. The van der Waals surface area contributed by atoms with Crippen LogP contribution in [-0.4, -0.2) is 37.1 Å². The van der Waals surface area contributed by atoms with Crippen molar-refractivity contribution in [1.82, 2.24) is 30.0 Å². The predicted octanol–water partition coefficient (Wildman–Crippen LogP) is 4.75. The van der Waals surface area contributed by atoms with Crippen molar-refractivity contribution < 1.29 is 4.74 Å². The average molecular weight is 480 g/mol. The van der Waals surface area contributed by atoms with Crippen LogP contribution in [0.4, 0.5) is 0 Å². The van der Waals surface area contributed by atoms with Crippen molar-refractivity contribution >= 4 is 11.8 Å². The second-order valence-electron chi connectivity index (χ2n) is 7.70. The molecule has 0 radical (unpaired) electrons. The highest BCUT2D eigenvalue weighted by molar-refractivity contribution is 7.98. The van der Waals surface area contributed by atoms with Crippen molar-refractivity contribution in [2.45, 2.75) is 17.3 Å². The summed E-state index contributed by atoms with van der Waals surface area (Å²) < 4.78 is 7.19. The van der Waals surface area contributed by atoms with Gasteiger partial charge in [0, 0.05) is 5.75 Å². The number of rotatable bonds is 8. The lowest BCUT2D eigenvalue weighted by atomic mass is 10.1. The van der Waals surface area contributed by atoms with Gasteiger partial charge in [0.1, 0.15) is 10.8 Å². The van der Waals surface area contributed by atoms with Crippen LogP contribution in [0.5, 0.6) is 5.75 Å². The summed E-state index contributed by atoms with van der Waals surface area (Å²) in [5.41, 5.74) is 4.54. The molecule has 0 spiro atoms. The van der Waals surface area contributed by atoms with Crippen molar-refractivity contribution in [1.29, 1.82) is 5.26 Å². The van der Waals surface area contributed by atoms with Gasteiger partial charge in [-0.05, 0) is 52.7 Å². The third-order valence-electron chi connectivity index (χ3n) is 5.36. The maximum absolute atomic E-state index is 8.99. The molecule has 35 heavy (non-hydrogen) atoms. The molecular weight excluding hydrogens is 458 g/mol. The van der Waals surface area contributed by atoms with Gasteiger partial charge in [0.15, 0.2) is 0 Å². The topological polar surface area (TPSA) is 94.4 Å². The van der Waals surface area contributed by atoms with Crippen molar-refractivity contribution in [2.75, 3.05) is 7.11 Å². The third kappa shape index (κ3) is 5.08. The van der Waals surface area contributed by atoms with E-state index in [-0.39, 0.29) is 0 Å². The molecule has 8 nitrogen and oxygen atoms in total. The van der Waals surface area contributed by atoms with Crippen LogP contribution in [0.15, 0.2) is 90.1 Å². The Morgan fingerprint density at radius 1 is 0.943 bits per heavy atom. The molecule has 2 heterocycles. The average Bonchev–Trinajstić information content (AvgIpc) is 3.55. The first-order valence-corrected chi connectivity index (χ1v) is 11.9. The van der Waals surface area contributed by atoms with Gasteiger partial charge in [0.25, 0.3) is 0 Å². The SMILES string of the molecule is COc1ccc(-n2ncc(-c3nnn(Cc4ccc(C#N)cc4)n3)c2SCc2ccccc2)cc1. The molecule has 5 aromatic rings. The van der Waals surface area contributed by atoms with Crippen LogP contribution in [0, 0.1) is 11.3 Å². The van der Waals surface area contributed by atoms with Crippen molar-refractivity contribution in [2.24, 2.45) is 0 Å². The molecule has 0 aliphatic carbocycles. The molecule has 5 rings (SSSR count). The van der Waals surface area contributed by atoms with E-state index in [1.165, 1.54) is 5.56 Å². The number of aromatic nitrogens is 6. The van der Waals surface area contributed by atoms with Gasteiger partial charge in [-0.1, -0.05) is 42.5 Å². The van der Waals surface area contributed by atoms with Gasteiger partial charge in [-0.2, -0.15) is 15.2 Å². The highest BCUT2D eigenvalue weighted by atomic mass is 32.2. The quantitative estimate of drug-likeness (QED) is 0.297. The van der Waals surface area contributed by atoms with Crippen LogP contribution < -0.4 is 4.74 Å². The van der Waals surface area contributed by atoms with E-state index in [0.29, 0.717) is 17.9 Å². The monoisotopic (exact) mass is 479 g/mol. The Bertz CT molecular complexity index is 1450. The number of nitrogens with zero attached hydrogens (tertiary/aromatic N) is 7. The number of hydrogen-bond acceptors (Lipinski definition) is 7. The summed E-state index contributed by atoms with van der Waals surface area (Å²) in [6, 6.07) is 27.5. The molecule has 0 bridgehead atoms. The highest BCUT2D eigenvalue weighted by Gasteiger charge is 2.19. The first-order chi connectivity index (χ1) is 17.2. The lowest BCUT2D eigenvalue weighted by Gasteiger charge is -2.09. The fourth-order valence-electron chi connectivity index (χ4n) is 3.53. The summed E-state index contributed by atoms with van der Waals surface area (Å²) >= 11 is 1.67. The van der Waals surface area contributed by atoms with E-state index in [1.54, 1.807) is 42.0 Å². The molecular formula is C26H21N7OS. The van der Waals surface area contributed by atoms with Crippen LogP contribution in [0.2, 0.25) is 0 Å². The Morgan fingerprint density at radius 3 is 2.43 bits per heavy atom. The maximum atomic E-state index is 8.99. The van der Waals surface area contributed by atoms with Crippen molar-refractivity contribution in [3.63, 3.8) is 0 Å². The minimum Gasteiger partial charge on any atom is -0.497 e. The highest BCUT2D eigenvalue weighted by Crippen LogP contribution is 2.33. The normalized spacial score (nSPS) is 10.7. The first-order valence-electron chi connectivity index (χ1n) is 10.9. The summed E-state index contributed by atoms with van der Waals surface area (Å²) in [6.07, 6.45) is 1.78. The lowest BCUT2D eigenvalue weighted by Crippen LogP contribution is -2.04. The molecule has 0 saturated carbocycles. The van der Waals surface area contributed by atoms with Crippen LogP contribution in [-0.2, 0) is 12.3 Å². The number of hydrogen-bond donors (Lipinski definition) is 0. The summed E-state index contributed by atoms with van der Waals surface area (Å²) in [4.78, 5) is 1.55. The van der Waals surface area contributed by atoms with Gasteiger partial charge in [0.05, 0.1) is 42.7 Å². The molecule has 0 N–H and O–H groups in total. The number of ether oxygens (including phenoxy) is 1. The Balaban J connectivity index is 1.45. The van der Waals surface area contributed by atoms with Gasteiger partial charge in [-0.3, -0.25) is 0 Å². The Labute approximate surface area is 206 Å². The zero-order valence-corrected chi connectivity index (χ0v) is 19.8. The molecule has 172 valence electrons. The van der Waals surface area contributed by atoms with Gasteiger partial charge < -0.3 is 4.74 Å². The summed E-state index contributed by atoms with van der Waals surface area (Å²) in [7, 11) is 1.65. The summed E-state index contributed by atoms with van der Waals surface area (Å²) in [5.74, 6) is 2.07. The Hall–Kier alpha value is -4.42. The number of benzene rings is 3. The maximum Gasteiger partial charge on any atom is 0.209 e. The fourth-order valence-corrected chi connectivity index (χ4v) is 4.60. The van der Waals surface area contributed by atoms with Crippen LogP contribution >= 0.6 is 11.8 Å². The van der Waals surface area contributed by atoms with E-state index in [4.69, 9.17) is 10.00 Å². The summed E-state index contributed by atoms with van der Waals surface area (Å²) in [5, 5.41) is 27.7. The van der Waals surface area contributed by atoms with E-state index in [1.807, 2.05) is 59.3 Å². The van der Waals surface area contributed by atoms with E-state index in [9.17, 15) is 0 Å². The van der Waals surface area contributed by atoms with Crippen LogP contribution in [0.25, 0.3) is 17.1 Å². The van der Waals surface area contributed by atoms with E-state index >= 15 is 0 Å². The van der Waals surface area contributed by atoms with Crippen LogP contribution in [0.3, 0.4) is 0 Å². The molecule has 9 heteroatoms. The Kier molecular flexibility index (Phi) is 6.55. The van der Waals surface area contributed by atoms with Crippen molar-refractivity contribution in [3.05, 3.63) is 102 Å². The standard InChI is InChI=1S/C26H21N7OS/c1-34-23-13-11-22(12-14-23)33-26(35-18-21-5-3-2-4-6-21)24(16-28-33)25-29-31-32(30-25)17-20-9-7-19(15-27)8-10-20/h2-14,16H,17-18H2,1H3. The molecule has 0 saturated heterocycles. The molecule has 3 aromatic carbocycles. The van der Waals surface area contributed by atoms with Crippen LogP contribution in [0.1, 0.15) is 16.7 Å². The zero-order chi connectivity index (χ0) is 24.0. The molecule has 2 aromatic heterocycles. The number of methoxy groups -OCH3 is 1. The van der Waals surface area contributed by atoms with E-state index < -0.39 is 0 Å². The minimum atomic E-state index is 0.456. The van der Waals surface area contributed by atoms with Gasteiger partial charge in [-0.15, -0.1) is 22.0 Å². The number of tetrazole rings is 1. The van der Waals surface area contributed by atoms with Gasteiger partial charge in [0.2, 0.25) is 5.82 Å². The van der Waals surface area contributed by atoms with E-state index in [0.717, 1.165) is 33.3 Å². The van der Waals surface area contributed by atoms with E-state index in [2.05, 4.69) is 38.7 Å². The zero-order valence-electron chi connectivity index (χ0n) is 18.9. The fraction of sp³-hybridized carbons (Fsp3) is 0.115. The lowest BCUT2D eigenvalue weighted by molar-refractivity contribution is 0.414. The molecule has 0 atom stereocenters. The summed E-state index contributed by atoms with van der Waals surface area (Å²) in [6.45, 7) is 0.456. The predicted molar refractivity (Wildman–Crippen MR) is 133 cm³/mol. The molecule has 0 fully saturated rings. The second kappa shape index (κ2) is 10.2. The molecule has 0 aliphatic rings.